The first-order valence-corrected chi connectivity index (χ1v) is 9.70. The Morgan fingerprint density at radius 2 is 1.85 bits per heavy atom. The molecule has 0 radical (unpaired) electrons. The monoisotopic (exact) mass is 359 g/mol. The maximum absolute atomic E-state index is 12.4. The van der Waals surface area contributed by atoms with Crippen LogP contribution in [0, 0.1) is 5.92 Å². The van der Waals surface area contributed by atoms with Crippen LogP contribution in [0.3, 0.4) is 0 Å². The van der Waals surface area contributed by atoms with E-state index in [1.165, 1.54) is 19.3 Å². The molecule has 0 fully saturated rings. The van der Waals surface area contributed by atoms with Gasteiger partial charge in [0.05, 0.1) is 6.04 Å². The molecule has 0 saturated heterocycles. The molecule has 0 aromatic heterocycles. The van der Waals surface area contributed by atoms with Crippen molar-refractivity contribution in [3.63, 3.8) is 0 Å². The number of hydrogen-bond donors (Lipinski definition) is 1. The van der Waals surface area contributed by atoms with E-state index >= 15 is 0 Å². The fraction of sp³-hybridized carbons (Fsp3) is 0.545. The number of ether oxygens (including phenoxy) is 1. The van der Waals surface area contributed by atoms with Crippen molar-refractivity contribution in [1.82, 2.24) is 5.32 Å². The first kappa shape index (κ1) is 21.9. The molecule has 0 unspecified atom stereocenters. The van der Waals surface area contributed by atoms with Crippen LogP contribution in [-0.4, -0.2) is 17.9 Å². The summed E-state index contributed by atoms with van der Waals surface area (Å²) in [5, 5.41) is 2.72. The number of allylic oxidation sites excluding steroid dienone is 1. The highest BCUT2D eigenvalue weighted by Gasteiger charge is 2.20. The number of rotatable bonds is 12. The Balaban J connectivity index is 2.47. The SMILES string of the molecule is CCCCCC/C=C/C(=O)[C@H](CC(C)C)NC(=O)OCc1ccccc1. The summed E-state index contributed by atoms with van der Waals surface area (Å²) in [5.74, 6) is 0.238. The summed E-state index contributed by atoms with van der Waals surface area (Å²) in [4.78, 5) is 24.5. The van der Waals surface area contributed by atoms with Gasteiger partial charge in [-0.25, -0.2) is 4.79 Å². The summed E-state index contributed by atoms with van der Waals surface area (Å²) in [7, 11) is 0. The largest absolute Gasteiger partial charge is 0.445 e. The fourth-order valence-electron chi connectivity index (χ4n) is 2.63. The molecule has 1 rings (SSSR count). The maximum atomic E-state index is 12.4. The van der Waals surface area contributed by atoms with E-state index in [9.17, 15) is 9.59 Å². The Morgan fingerprint density at radius 1 is 1.12 bits per heavy atom. The third kappa shape index (κ3) is 10.0. The van der Waals surface area contributed by atoms with Gasteiger partial charge in [0.15, 0.2) is 5.78 Å². The maximum Gasteiger partial charge on any atom is 0.408 e. The molecular formula is C22H33NO3. The van der Waals surface area contributed by atoms with Gasteiger partial charge in [-0.2, -0.15) is 0 Å². The number of benzene rings is 1. The lowest BCUT2D eigenvalue weighted by Gasteiger charge is -2.18. The van der Waals surface area contributed by atoms with Crippen LogP contribution < -0.4 is 5.32 Å². The summed E-state index contributed by atoms with van der Waals surface area (Å²) in [6.07, 6.45) is 9.19. The van der Waals surface area contributed by atoms with E-state index in [4.69, 9.17) is 4.74 Å². The topological polar surface area (TPSA) is 55.4 Å². The molecule has 1 amide bonds. The minimum Gasteiger partial charge on any atom is -0.445 e. The van der Waals surface area contributed by atoms with E-state index in [1.807, 2.05) is 50.3 Å². The third-order valence-corrected chi connectivity index (χ3v) is 4.06. The lowest BCUT2D eigenvalue weighted by Crippen LogP contribution is -2.41. The predicted octanol–water partition coefficient (Wildman–Crippen LogP) is 5.42. The van der Waals surface area contributed by atoms with E-state index in [0.717, 1.165) is 18.4 Å². The van der Waals surface area contributed by atoms with E-state index in [0.29, 0.717) is 12.3 Å². The van der Waals surface area contributed by atoms with Crippen LogP contribution in [0.5, 0.6) is 0 Å². The molecule has 144 valence electrons. The molecule has 4 heteroatoms. The first-order chi connectivity index (χ1) is 12.5. The Kier molecular flexibility index (Phi) is 11.1. The Bertz CT molecular complexity index is 552. The van der Waals surface area contributed by atoms with Crippen LogP contribution in [0.4, 0.5) is 4.79 Å². The summed E-state index contributed by atoms with van der Waals surface area (Å²) >= 11 is 0. The van der Waals surface area contributed by atoms with Crippen molar-refractivity contribution < 1.29 is 14.3 Å². The van der Waals surface area contributed by atoms with Gasteiger partial charge in [0.25, 0.3) is 0 Å². The molecule has 0 aliphatic rings. The zero-order valence-electron chi connectivity index (χ0n) is 16.4. The number of carbonyl (C=O) groups is 2. The standard InChI is InChI=1S/C22H33NO3/c1-4-5-6-7-8-12-15-21(24)20(16-18(2)3)23-22(25)26-17-19-13-10-9-11-14-19/h9-15,18,20H,4-8,16-17H2,1-3H3,(H,23,25)/b15-12+/t20-/m0/s1. The van der Waals surface area contributed by atoms with Crippen molar-refractivity contribution >= 4 is 11.9 Å². The third-order valence-electron chi connectivity index (χ3n) is 4.06. The summed E-state index contributed by atoms with van der Waals surface area (Å²) in [6.45, 7) is 6.44. The molecule has 0 spiro atoms. The molecule has 1 N–H and O–H groups in total. The van der Waals surface area contributed by atoms with Crippen molar-refractivity contribution in [2.45, 2.75) is 71.9 Å². The highest BCUT2D eigenvalue weighted by molar-refractivity contribution is 5.96. The van der Waals surface area contributed by atoms with Crippen molar-refractivity contribution in [3.8, 4) is 0 Å². The minimum absolute atomic E-state index is 0.0640. The number of ketones is 1. The minimum atomic E-state index is -0.552. The van der Waals surface area contributed by atoms with Gasteiger partial charge >= 0.3 is 6.09 Å². The zero-order chi connectivity index (χ0) is 19.2. The predicted molar refractivity (Wildman–Crippen MR) is 106 cm³/mol. The molecule has 26 heavy (non-hydrogen) atoms. The molecule has 1 aromatic carbocycles. The van der Waals surface area contributed by atoms with Gasteiger partial charge in [0.1, 0.15) is 6.61 Å². The molecule has 1 atom stereocenters. The molecule has 0 saturated carbocycles. The average Bonchev–Trinajstić information content (AvgIpc) is 2.62. The normalized spacial score (nSPS) is 12.3. The second-order valence-electron chi connectivity index (χ2n) is 7.04. The second kappa shape index (κ2) is 13.2. The zero-order valence-corrected chi connectivity index (χ0v) is 16.4. The van der Waals surface area contributed by atoms with Crippen LogP contribution in [0.2, 0.25) is 0 Å². The van der Waals surface area contributed by atoms with Crippen LogP contribution in [0.25, 0.3) is 0 Å². The van der Waals surface area contributed by atoms with E-state index in [-0.39, 0.29) is 12.4 Å². The van der Waals surface area contributed by atoms with Gasteiger partial charge in [-0.15, -0.1) is 0 Å². The summed E-state index contributed by atoms with van der Waals surface area (Å²) in [5.41, 5.74) is 0.918. The van der Waals surface area contributed by atoms with Crippen molar-refractivity contribution in [2.24, 2.45) is 5.92 Å². The number of alkyl carbamates (subject to hydrolysis) is 1. The van der Waals surface area contributed by atoms with Crippen LogP contribution in [0.15, 0.2) is 42.5 Å². The van der Waals surface area contributed by atoms with Gasteiger partial charge < -0.3 is 10.1 Å². The summed E-state index contributed by atoms with van der Waals surface area (Å²) < 4.78 is 5.23. The second-order valence-corrected chi connectivity index (χ2v) is 7.04. The number of carbonyl (C=O) groups excluding carboxylic acids is 2. The van der Waals surface area contributed by atoms with Gasteiger partial charge in [-0.1, -0.05) is 76.4 Å². The quantitative estimate of drug-likeness (QED) is 0.400. The average molecular weight is 360 g/mol. The van der Waals surface area contributed by atoms with Crippen molar-refractivity contribution in [2.75, 3.05) is 0 Å². The Morgan fingerprint density at radius 3 is 2.50 bits per heavy atom. The van der Waals surface area contributed by atoms with Crippen molar-refractivity contribution in [1.29, 1.82) is 0 Å². The molecule has 0 aliphatic heterocycles. The number of hydrogen-bond acceptors (Lipinski definition) is 3. The van der Waals surface area contributed by atoms with E-state index < -0.39 is 12.1 Å². The molecule has 0 aliphatic carbocycles. The number of nitrogens with one attached hydrogen (secondary N) is 1. The lowest BCUT2D eigenvalue weighted by molar-refractivity contribution is -0.116. The van der Waals surface area contributed by atoms with Crippen LogP contribution in [-0.2, 0) is 16.1 Å². The van der Waals surface area contributed by atoms with Gasteiger partial charge in [-0.3, -0.25) is 4.79 Å². The Hall–Kier alpha value is -2.10. The highest BCUT2D eigenvalue weighted by Crippen LogP contribution is 2.09. The smallest absolute Gasteiger partial charge is 0.408 e. The molecule has 4 nitrogen and oxygen atoms in total. The van der Waals surface area contributed by atoms with E-state index in [1.54, 1.807) is 6.08 Å². The highest BCUT2D eigenvalue weighted by atomic mass is 16.5. The van der Waals surface area contributed by atoms with E-state index in [2.05, 4.69) is 12.2 Å². The lowest BCUT2D eigenvalue weighted by atomic mass is 10.00. The van der Waals surface area contributed by atoms with Gasteiger partial charge in [0.2, 0.25) is 0 Å². The van der Waals surface area contributed by atoms with Gasteiger partial charge in [0, 0.05) is 0 Å². The fourth-order valence-corrected chi connectivity index (χ4v) is 2.63. The summed E-state index contributed by atoms with van der Waals surface area (Å²) in [6, 6.07) is 8.96. The van der Waals surface area contributed by atoms with Crippen LogP contribution >= 0.6 is 0 Å². The van der Waals surface area contributed by atoms with Crippen LogP contribution in [0.1, 0.15) is 64.9 Å². The first-order valence-electron chi connectivity index (χ1n) is 9.70. The molecule has 0 heterocycles. The number of amides is 1. The molecule has 0 bridgehead atoms. The molecule has 1 aromatic rings. The number of unbranched alkanes of at least 4 members (excludes halogenated alkanes) is 4. The van der Waals surface area contributed by atoms with Crippen molar-refractivity contribution in [3.05, 3.63) is 48.0 Å². The molecular weight excluding hydrogens is 326 g/mol. The van der Waals surface area contributed by atoms with Gasteiger partial charge in [-0.05, 0) is 36.8 Å². The Labute approximate surface area is 158 Å².